The maximum Gasteiger partial charge on any atom is 0.231 e. The summed E-state index contributed by atoms with van der Waals surface area (Å²) < 4.78 is 10.6. The SMILES string of the molecule is Cc1cc(CCCO)cc2c1OCO2. The van der Waals surface area contributed by atoms with E-state index in [1.54, 1.807) is 0 Å². The second-order valence-electron chi connectivity index (χ2n) is 3.47. The van der Waals surface area contributed by atoms with Gasteiger partial charge < -0.3 is 14.6 Å². The number of ether oxygens (including phenoxy) is 2. The number of rotatable bonds is 3. The molecule has 1 aliphatic rings. The molecule has 3 heteroatoms. The number of hydrogen-bond donors (Lipinski definition) is 1. The molecular weight excluding hydrogens is 180 g/mol. The van der Waals surface area contributed by atoms with E-state index in [0.29, 0.717) is 6.79 Å². The fourth-order valence-electron chi connectivity index (χ4n) is 1.69. The van der Waals surface area contributed by atoms with Gasteiger partial charge in [-0.3, -0.25) is 0 Å². The molecule has 1 aliphatic heterocycles. The Hall–Kier alpha value is -1.22. The topological polar surface area (TPSA) is 38.7 Å². The van der Waals surface area contributed by atoms with Gasteiger partial charge in [-0.2, -0.15) is 0 Å². The first kappa shape index (κ1) is 9.34. The first-order valence-corrected chi connectivity index (χ1v) is 4.81. The van der Waals surface area contributed by atoms with Crippen molar-refractivity contribution in [3.63, 3.8) is 0 Å². The van der Waals surface area contributed by atoms with E-state index < -0.39 is 0 Å². The van der Waals surface area contributed by atoms with Gasteiger partial charge in [-0.15, -0.1) is 0 Å². The number of fused-ring (bicyclic) bond motifs is 1. The van der Waals surface area contributed by atoms with Gasteiger partial charge >= 0.3 is 0 Å². The lowest BCUT2D eigenvalue weighted by Crippen LogP contribution is -1.93. The third-order valence-corrected chi connectivity index (χ3v) is 2.34. The molecule has 0 amide bonds. The van der Waals surface area contributed by atoms with Crippen molar-refractivity contribution in [2.75, 3.05) is 13.4 Å². The predicted molar refractivity (Wildman–Crippen MR) is 52.7 cm³/mol. The van der Waals surface area contributed by atoms with Gasteiger partial charge in [-0.05, 0) is 37.0 Å². The summed E-state index contributed by atoms with van der Waals surface area (Å²) >= 11 is 0. The summed E-state index contributed by atoms with van der Waals surface area (Å²) in [6.45, 7) is 2.56. The summed E-state index contributed by atoms with van der Waals surface area (Å²) in [5, 5.41) is 8.73. The van der Waals surface area contributed by atoms with Crippen LogP contribution in [0.2, 0.25) is 0 Å². The molecule has 0 aliphatic carbocycles. The maximum atomic E-state index is 8.73. The van der Waals surface area contributed by atoms with Gasteiger partial charge in [0.05, 0.1) is 0 Å². The molecule has 2 rings (SSSR count). The van der Waals surface area contributed by atoms with Crippen LogP contribution >= 0.6 is 0 Å². The molecular formula is C11H14O3. The van der Waals surface area contributed by atoms with Crippen molar-refractivity contribution in [2.45, 2.75) is 19.8 Å². The highest BCUT2D eigenvalue weighted by atomic mass is 16.7. The zero-order valence-corrected chi connectivity index (χ0v) is 8.25. The number of aliphatic hydroxyl groups excluding tert-OH is 1. The highest BCUT2D eigenvalue weighted by Crippen LogP contribution is 2.36. The molecule has 1 N–H and O–H groups in total. The van der Waals surface area contributed by atoms with Gasteiger partial charge in [0, 0.05) is 6.61 Å². The van der Waals surface area contributed by atoms with Gasteiger partial charge in [0.1, 0.15) is 0 Å². The summed E-state index contributed by atoms with van der Waals surface area (Å²) in [4.78, 5) is 0. The van der Waals surface area contributed by atoms with E-state index in [9.17, 15) is 0 Å². The van der Waals surface area contributed by atoms with E-state index in [2.05, 4.69) is 6.07 Å². The Bertz CT molecular complexity index is 334. The van der Waals surface area contributed by atoms with Crippen LogP contribution in [-0.4, -0.2) is 18.5 Å². The van der Waals surface area contributed by atoms with Crippen molar-refractivity contribution in [3.05, 3.63) is 23.3 Å². The second kappa shape index (κ2) is 3.88. The molecule has 1 aromatic carbocycles. The van der Waals surface area contributed by atoms with Crippen LogP contribution in [0.3, 0.4) is 0 Å². The number of hydrogen-bond acceptors (Lipinski definition) is 3. The van der Waals surface area contributed by atoms with Crippen molar-refractivity contribution in [1.82, 2.24) is 0 Å². The molecule has 1 aromatic rings. The first-order chi connectivity index (χ1) is 6.81. The molecule has 0 unspecified atom stereocenters. The molecule has 0 fully saturated rings. The fourth-order valence-corrected chi connectivity index (χ4v) is 1.69. The van der Waals surface area contributed by atoms with E-state index in [4.69, 9.17) is 14.6 Å². The predicted octanol–water partition coefficient (Wildman–Crippen LogP) is 1.65. The van der Waals surface area contributed by atoms with E-state index >= 15 is 0 Å². The maximum absolute atomic E-state index is 8.73. The van der Waals surface area contributed by atoms with Crippen LogP contribution in [0, 0.1) is 6.92 Å². The first-order valence-electron chi connectivity index (χ1n) is 4.81. The number of aryl methyl sites for hydroxylation is 2. The van der Waals surface area contributed by atoms with Crippen LogP contribution < -0.4 is 9.47 Å². The Morgan fingerprint density at radius 3 is 3.00 bits per heavy atom. The van der Waals surface area contributed by atoms with Crippen molar-refractivity contribution < 1.29 is 14.6 Å². The van der Waals surface area contributed by atoms with E-state index in [0.717, 1.165) is 29.9 Å². The Morgan fingerprint density at radius 1 is 1.36 bits per heavy atom. The highest BCUT2D eigenvalue weighted by Gasteiger charge is 2.16. The molecule has 1 heterocycles. The van der Waals surface area contributed by atoms with Gasteiger partial charge in [0.25, 0.3) is 0 Å². The molecule has 3 nitrogen and oxygen atoms in total. The molecule has 0 aromatic heterocycles. The quantitative estimate of drug-likeness (QED) is 0.795. The van der Waals surface area contributed by atoms with Crippen molar-refractivity contribution >= 4 is 0 Å². The van der Waals surface area contributed by atoms with Crippen molar-refractivity contribution in [1.29, 1.82) is 0 Å². The lowest BCUT2D eigenvalue weighted by molar-refractivity contribution is 0.173. The minimum atomic E-state index is 0.230. The van der Waals surface area contributed by atoms with Gasteiger partial charge in [-0.25, -0.2) is 0 Å². The summed E-state index contributed by atoms with van der Waals surface area (Å²) in [7, 11) is 0. The Kier molecular flexibility index (Phi) is 2.59. The normalized spacial score (nSPS) is 13.3. The van der Waals surface area contributed by atoms with Crippen molar-refractivity contribution in [2.24, 2.45) is 0 Å². The van der Waals surface area contributed by atoms with Crippen LogP contribution in [0.15, 0.2) is 12.1 Å². The fraction of sp³-hybridized carbons (Fsp3) is 0.455. The third-order valence-electron chi connectivity index (χ3n) is 2.34. The van der Waals surface area contributed by atoms with Crippen LogP contribution in [-0.2, 0) is 6.42 Å². The van der Waals surface area contributed by atoms with Crippen LogP contribution in [0.5, 0.6) is 11.5 Å². The molecule has 76 valence electrons. The molecule has 0 radical (unpaired) electrons. The van der Waals surface area contributed by atoms with Crippen molar-refractivity contribution in [3.8, 4) is 11.5 Å². The summed E-state index contributed by atoms with van der Waals surface area (Å²) in [5.74, 6) is 1.69. The smallest absolute Gasteiger partial charge is 0.231 e. The zero-order valence-electron chi connectivity index (χ0n) is 8.25. The molecule has 0 bridgehead atoms. The minimum absolute atomic E-state index is 0.230. The minimum Gasteiger partial charge on any atom is -0.454 e. The Labute approximate surface area is 83.3 Å². The second-order valence-corrected chi connectivity index (χ2v) is 3.47. The summed E-state index contributed by atoms with van der Waals surface area (Å²) in [5.41, 5.74) is 2.30. The largest absolute Gasteiger partial charge is 0.454 e. The molecule has 0 atom stereocenters. The average molecular weight is 194 g/mol. The van der Waals surface area contributed by atoms with E-state index in [-0.39, 0.29) is 6.61 Å². The zero-order chi connectivity index (χ0) is 9.97. The standard InChI is InChI=1S/C11H14O3/c1-8-5-9(3-2-4-12)6-10-11(8)14-7-13-10/h5-6,12H,2-4,7H2,1H3. The monoisotopic (exact) mass is 194 g/mol. The summed E-state index contributed by atoms with van der Waals surface area (Å²) in [6.07, 6.45) is 1.67. The van der Waals surface area contributed by atoms with E-state index in [1.807, 2.05) is 13.0 Å². The number of aliphatic hydroxyl groups is 1. The Balaban J connectivity index is 2.23. The van der Waals surface area contributed by atoms with E-state index in [1.165, 1.54) is 5.56 Å². The summed E-state index contributed by atoms with van der Waals surface area (Å²) in [6, 6.07) is 4.08. The van der Waals surface area contributed by atoms with Gasteiger partial charge in [-0.1, -0.05) is 6.07 Å². The highest BCUT2D eigenvalue weighted by molar-refractivity contribution is 5.50. The third kappa shape index (κ3) is 1.68. The average Bonchev–Trinajstić information content (AvgIpc) is 2.63. The van der Waals surface area contributed by atoms with Crippen LogP contribution in [0.25, 0.3) is 0 Å². The van der Waals surface area contributed by atoms with Gasteiger partial charge in [0.15, 0.2) is 11.5 Å². The Morgan fingerprint density at radius 2 is 2.21 bits per heavy atom. The molecule has 0 saturated heterocycles. The van der Waals surface area contributed by atoms with Crippen LogP contribution in [0.1, 0.15) is 17.5 Å². The lowest BCUT2D eigenvalue weighted by atomic mass is 10.1. The number of benzene rings is 1. The molecule has 14 heavy (non-hydrogen) atoms. The lowest BCUT2D eigenvalue weighted by Gasteiger charge is -2.05. The van der Waals surface area contributed by atoms with Crippen LogP contribution in [0.4, 0.5) is 0 Å². The molecule has 0 saturated carbocycles. The molecule has 0 spiro atoms. The van der Waals surface area contributed by atoms with Gasteiger partial charge in [0.2, 0.25) is 6.79 Å².